The number of amides is 3. The van der Waals surface area contributed by atoms with Crippen LogP contribution in [0.5, 0.6) is 5.75 Å². The van der Waals surface area contributed by atoms with E-state index in [4.69, 9.17) is 4.74 Å². The molecule has 16 nitrogen and oxygen atoms in total. The first-order valence-electron chi connectivity index (χ1n) is 23.4. The average Bonchev–Trinajstić information content (AvgIpc) is 3.97. The monoisotopic (exact) mass is 924 g/mol. The molecule has 0 spiro atoms. The number of phenolic OH excluding ortho intramolecular Hbond substituents is 1. The summed E-state index contributed by atoms with van der Waals surface area (Å²) in [6, 6.07) is 10.5. The standard InChI is InChI=1S/C49H64N8O8S/c1-8-32-14-16-50-27-39(32)44-38-26-49(5,6)29-65-48(62)40-11-10-17-57(52-40)47(61)41(23-31-21-35(24-36(58)22-31)33-12-13-42(37(38)25-33)56(44)9-2)51-45(59)43(30(3)4)53(7)46(60)34-15-18-55(28-34)66(63,64)54-19-20-54/h12-14,16,21-22,24-25,27,30,34,40-41,43,52,58H,8-11,15,17-20,23,26,28-29H2,1-7H3,(H,51,59)/t34-,40-,41-,43-/m0/s1. The fourth-order valence-corrected chi connectivity index (χ4v) is 11.7. The fraction of sp³-hybridized carbons (Fsp3) is 0.531. The van der Waals surface area contributed by atoms with Crippen LogP contribution in [0.25, 0.3) is 33.3 Å². The molecule has 8 rings (SSSR count). The highest BCUT2D eigenvalue weighted by atomic mass is 32.2. The van der Waals surface area contributed by atoms with Crippen LogP contribution < -0.4 is 10.7 Å². The summed E-state index contributed by atoms with van der Waals surface area (Å²) < 4.78 is 37.0. The number of hydrogen-bond acceptors (Lipinski definition) is 10. The Hall–Kier alpha value is -5.36. The van der Waals surface area contributed by atoms with Crippen LogP contribution in [0, 0.1) is 17.3 Å². The summed E-state index contributed by atoms with van der Waals surface area (Å²) in [6.07, 6.45) is 6.39. The number of cyclic esters (lactones) is 1. The number of aromatic hydroxyl groups is 1. The number of fused-ring (bicyclic) bond motifs is 6. The number of carbonyl (C=O) groups excluding carboxylic acids is 4. The molecule has 4 aromatic rings. The van der Waals surface area contributed by atoms with Gasteiger partial charge < -0.3 is 24.6 Å². The van der Waals surface area contributed by atoms with Gasteiger partial charge in [-0.15, -0.1) is 0 Å². The molecule has 0 aliphatic carbocycles. The van der Waals surface area contributed by atoms with Crippen molar-refractivity contribution in [2.45, 2.75) is 105 Å². The van der Waals surface area contributed by atoms with Crippen LogP contribution >= 0.6 is 0 Å². The number of ether oxygens (including phenoxy) is 1. The van der Waals surface area contributed by atoms with Gasteiger partial charge in [0.15, 0.2) is 0 Å². The molecule has 66 heavy (non-hydrogen) atoms. The Morgan fingerprint density at radius 2 is 1.79 bits per heavy atom. The molecular formula is C49H64N8O8S. The van der Waals surface area contributed by atoms with Crippen molar-refractivity contribution in [1.29, 1.82) is 0 Å². The van der Waals surface area contributed by atoms with Gasteiger partial charge in [0.2, 0.25) is 11.8 Å². The lowest BCUT2D eigenvalue weighted by atomic mass is 9.84. The number of hydrogen-bond donors (Lipinski definition) is 3. The molecule has 3 amide bonds. The van der Waals surface area contributed by atoms with Crippen molar-refractivity contribution in [3.8, 4) is 28.1 Å². The van der Waals surface area contributed by atoms with Crippen LogP contribution in [0.15, 0.2) is 54.9 Å². The molecule has 3 fully saturated rings. The van der Waals surface area contributed by atoms with Crippen molar-refractivity contribution in [2.75, 3.05) is 46.4 Å². The first kappa shape index (κ1) is 47.1. The van der Waals surface area contributed by atoms with E-state index in [1.54, 1.807) is 19.2 Å². The third kappa shape index (κ3) is 9.44. The van der Waals surface area contributed by atoms with E-state index in [0.717, 1.165) is 45.3 Å². The SMILES string of the molecule is CCc1ccncc1-c1c2c3cc(ccc3n1CC)-c1cc(O)cc(c1)C[C@H](NC(=O)[C@H](C(C)C)N(C)C(=O)[C@H]1CCN(S(=O)(=O)N3CC3)C1)C(=O)N1CCC[C@H](N1)C(=O)OCC(C)(C)C2. The second-order valence-electron chi connectivity index (χ2n) is 19.5. The van der Waals surface area contributed by atoms with Crippen molar-refractivity contribution in [3.05, 3.63) is 71.5 Å². The predicted octanol–water partition coefficient (Wildman–Crippen LogP) is 4.67. The fourth-order valence-electron chi connectivity index (χ4n) is 10.1. The topological polar surface area (TPSA) is 186 Å². The molecule has 3 N–H and O–H groups in total. The lowest BCUT2D eigenvalue weighted by Gasteiger charge is -2.37. The Morgan fingerprint density at radius 3 is 2.50 bits per heavy atom. The van der Waals surface area contributed by atoms with Gasteiger partial charge in [-0.25, -0.2) is 5.43 Å². The first-order valence-corrected chi connectivity index (χ1v) is 24.8. The van der Waals surface area contributed by atoms with E-state index in [9.17, 15) is 32.7 Å². The number of nitrogens with one attached hydrogen (secondary N) is 2. The van der Waals surface area contributed by atoms with Crippen LogP contribution in [0.4, 0.5) is 0 Å². The number of benzene rings is 2. The number of likely N-dealkylation sites (N-methyl/N-ethyl adjacent to an activating group) is 1. The maximum atomic E-state index is 14.7. The van der Waals surface area contributed by atoms with Gasteiger partial charge in [0.1, 0.15) is 23.9 Å². The molecule has 0 unspecified atom stereocenters. The van der Waals surface area contributed by atoms with Crippen molar-refractivity contribution in [3.63, 3.8) is 0 Å². The van der Waals surface area contributed by atoms with Crippen LogP contribution in [0.2, 0.25) is 0 Å². The summed E-state index contributed by atoms with van der Waals surface area (Å²) in [5, 5.41) is 16.7. The average molecular weight is 925 g/mol. The Bertz CT molecular complexity index is 2640. The lowest BCUT2D eigenvalue weighted by molar-refractivity contribution is -0.155. The second-order valence-corrected chi connectivity index (χ2v) is 21.4. The molecule has 4 aliphatic heterocycles. The second kappa shape index (κ2) is 18.7. The van der Waals surface area contributed by atoms with E-state index >= 15 is 0 Å². The number of aromatic nitrogens is 2. The Morgan fingerprint density at radius 1 is 1.02 bits per heavy atom. The van der Waals surface area contributed by atoms with Gasteiger partial charge >= 0.3 is 5.97 Å². The van der Waals surface area contributed by atoms with Crippen molar-refractivity contribution >= 4 is 44.8 Å². The van der Waals surface area contributed by atoms with Gasteiger partial charge in [0.25, 0.3) is 16.1 Å². The number of hydrazine groups is 1. The van der Waals surface area contributed by atoms with Gasteiger partial charge in [-0.05, 0) is 103 Å². The van der Waals surface area contributed by atoms with E-state index < -0.39 is 57.5 Å². The van der Waals surface area contributed by atoms with E-state index in [2.05, 4.69) is 66.2 Å². The van der Waals surface area contributed by atoms with E-state index in [1.807, 2.05) is 38.4 Å². The number of esters is 1. The van der Waals surface area contributed by atoms with Crippen LogP contribution in [-0.2, 0) is 59.9 Å². The smallest absolute Gasteiger partial charge is 0.324 e. The van der Waals surface area contributed by atoms with Gasteiger partial charge in [-0.1, -0.05) is 46.8 Å². The molecule has 0 saturated carbocycles. The zero-order chi connectivity index (χ0) is 47.2. The zero-order valence-corrected chi connectivity index (χ0v) is 40.0. The minimum absolute atomic E-state index is 0.0129. The molecule has 2 aromatic carbocycles. The summed E-state index contributed by atoms with van der Waals surface area (Å²) in [5.41, 5.74) is 10.2. The van der Waals surface area contributed by atoms with Gasteiger partial charge in [-0.2, -0.15) is 17.0 Å². The number of phenols is 1. The summed E-state index contributed by atoms with van der Waals surface area (Å²) in [7, 11) is -2.08. The third-order valence-corrected chi connectivity index (χ3v) is 15.6. The molecule has 6 bridgehead atoms. The Labute approximate surface area is 387 Å². The highest BCUT2D eigenvalue weighted by molar-refractivity contribution is 7.87. The Kier molecular flexibility index (Phi) is 13.4. The highest BCUT2D eigenvalue weighted by Gasteiger charge is 2.44. The van der Waals surface area contributed by atoms with Crippen LogP contribution in [0.1, 0.15) is 77.5 Å². The minimum atomic E-state index is -3.62. The molecular weight excluding hydrogens is 861 g/mol. The molecule has 6 heterocycles. The molecule has 4 aliphatic rings. The maximum Gasteiger partial charge on any atom is 0.324 e. The highest BCUT2D eigenvalue weighted by Crippen LogP contribution is 2.41. The molecule has 4 atom stereocenters. The van der Waals surface area contributed by atoms with Gasteiger partial charge in [-0.3, -0.25) is 29.2 Å². The number of rotatable bonds is 10. The number of aryl methyl sites for hydroxylation is 2. The van der Waals surface area contributed by atoms with Crippen molar-refractivity contribution in [1.82, 2.24) is 38.8 Å². The molecule has 17 heteroatoms. The summed E-state index contributed by atoms with van der Waals surface area (Å²) in [6.45, 7) is 14.3. The van der Waals surface area contributed by atoms with E-state index in [-0.39, 0.29) is 50.2 Å². The maximum absolute atomic E-state index is 14.7. The van der Waals surface area contributed by atoms with E-state index in [1.165, 1.54) is 24.1 Å². The normalized spacial score (nSPS) is 22.2. The van der Waals surface area contributed by atoms with Crippen LogP contribution in [-0.4, -0.2) is 130 Å². The first-order chi connectivity index (χ1) is 31.4. The van der Waals surface area contributed by atoms with Gasteiger partial charge in [0.05, 0.1) is 18.2 Å². The minimum Gasteiger partial charge on any atom is -0.508 e. The number of pyridine rings is 1. The quantitative estimate of drug-likeness (QED) is 0.149. The third-order valence-electron chi connectivity index (χ3n) is 13.6. The molecule has 2 aromatic heterocycles. The largest absolute Gasteiger partial charge is 0.508 e. The summed E-state index contributed by atoms with van der Waals surface area (Å²) >= 11 is 0. The van der Waals surface area contributed by atoms with E-state index in [0.29, 0.717) is 50.9 Å². The van der Waals surface area contributed by atoms with Crippen molar-refractivity contribution < 1.29 is 37.4 Å². The molecule has 354 valence electrons. The number of carbonyl (C=O) groups is 4. The van der Waals surface area contributed by atoms with Gasteiger partial charge in [0, 0.05) is 87.0 Å². The Balaban J connectivity index is 1.17. The lowest BCUT2D eigenvalue weighted by Crippen LogP contribution is -2.62. The predicted molar refractivity (Wildman–Crippen MR) is 251 cm³/mol. The molecule has 3 saturated heterocycles. The summed E-state index contributed by atoms with van der Waals surface area (Å²) in [5.74, 6) is -2.91. The molecule has 0 radical (unpaired) electrons. The zero-order valence-electron chi connectivity index (χ0n) is 39.2. The van der Waals surface area contributed by atoms with Crippen molar-refractivity contribution in [2.24, 2.45) is 17.3 Å². The summed E-state index contributed by atoms with van der Waals surface area (Å²) in [4.78, 5) is 63.1. The van der Waals surface area contributed by atoms with Crippen LogP contribution in [0.3, 0.4) is 0 Å². The number of nitrogens with zero attached hydrogens (tertiary/aromatic N) is 6.